The van der Waals surface area contributed by atoms with Crippen molar-refractivity contribution in [1.29, 1.82) is 0 Å². The second kappa shape index (κ2) is 8.15. The van der Waals surface area contributed by atoms with Crippen molar-refractivity contribution in [2.24, 2.45) is 0 Å². The first-order valence-electron chi connectivity index (χ1n) is 6.55. The molecule has 0 saturated carbocycles. The molecule has 0 aromatic heterocycles. The zero-order chi connectivity index (χ0) is 15.0. The van der Waals surface area contributed by atoms with Crippen molar-refractivity contribution in [2.45, 2.75) is 39.4 Å². The van der Waals surface area contributed by atoms with Crippen LogP contribution in [0.4, 0.5) is 0 Å². The number of esters is 2. The summed E-state index contributed by atoms with van der Waals surface area (Å²) >= 11 is 0. The molecule has 4 heteroatoms. The highest BCUT2D eigenvalue weighted by Gasteiger charge is 2.15. The standard InChI is InChI=1S/C16H20O4/c1-12(19-13(2)17)11-16(20-14(3)18)10-9-15-7-5-4-6-8-15/h4-10,12,16H,11H2,1-3H3/b10-9+/t12-,16+/m1/s1. The Morgan fingerprint density at radius 3 is 2.25 bits per heavy atom. The fraction of sp³-hybridized carbons (Fsp3) is 0.375. The monoisotopic (exact) mass is 276 g/mol. The average Bonchev–Trinajstić information content (AvgIpc) is 2.35. The van der Waals surface area contributed by atoms with Crippen molar-refractivity contribution in [3.63, 3.8) is 0 Å². The van der Waals surface area contributed by atoms with Crippen molar-refractivity contribution in [2.75, 3.05) is 0 Å². The van der Waals surface area contributed by atoms with Crippen LogP contribution in [0.3, 0.4) is 0 Å². The van der Waals surface area contributed by atoms with E-state index in [2.05, 4.69) is 0 Å². The molecule has 0 aliphatic rings. The summed E-state index contributed by atoms with van der Waals surface area (Å²) in [6, 6.07) is 9.71. The van der Waals surface area contributed by atoms with E-state index in [0.717, 1.165) is 5.56 Å². The normalized spacial score (nSPS) is 13.8. The molecule has 0 aliphatic heterocycles. The van der Waals surface area contributed by atoms with Gasteiger partial charge in [-0.3, -0.25) is 9.59 Å². The lowest BCUT2D eigenvalue weighted by Gasteiger charge is -2.18. The van der Waals surface area contributed by atoms with E-state index in [9.17, 15) is 9.59 Å². The molecule has 0 aliphatic carbocycles. The van der Waals surface area contributed by atoms with E-state index in [1.807, 2.05) is 36.4 Å². The molecule has 2 atom stereocenters. The molecule has 20 heavy (non-hydrogen) atoms. The van der Waals surface area contributed by atoms with E-state index in [1.54, 1.807) is 13.0 Å². The zero-order valence-electron chi connectivity index (χ0n) is 12.0. The highest BCUT2D eigenvalue weighted by atomic mass is 16.6. The van der Waals surface area contributed by atoms with Crippen LogP contribution in [0.15, 0.2) is 36.4 Å². The van der Waals surface area contributed by atoms with Crippen molar-refractivity contribution >= 4 is 18.0 Å². The summed E-state index contributed by atoms with van der Waals surface area (Å²) in [5, 5.41) is 0. The number of benzene rings is 1. The van der Waals surface area contributed by atoms with Gasteiger partial charge in [-0.15, -0.1) is 0 Å². The van der Waals surface area contributed by atoms with Crippen LogP contribution in [0.2, 0.25) is 0 Å². The Balaban J connectivity index is 2.66. The Labute approximate surface area is 119 Å². The molecule has 0 heterocycles. The number of hydrogen-bond donors (Lipinski definition) is 0. The molecule has 108 valence electrons. The summed E-state index contributed by atoms with van der Waals surface area (Å²) in [5.74, 6) is -0.700. The molecule has 0 N–H and O–H groups in total. The average molecular weight is 276 g/mol. The fourth-order valence-corrected chi connectivity index (χ4v) is 1.82. The largest absolute Gasteiger partial charge is 0.463 e. The first-order valence-corrected chi connectivity index (χ1v) is 6.55. The molecule has 4 nitrogen and oxygen atoms in total. The predicted molar refractivity (Wildman–Crippen MR) is 76.9 cm³/mol. The lowest BCUT2D eigenvalue weighted by Crippen LogP contribution is -2.22. The minimum atomic E-state index is -0.415. The second-order valence-electron chi connectivity index (χ2n) is 4.57. The van der Waals surface area contributed by atoms with Gasteiger partial charge in [-0.25, -0.2) is 0 Å². The molecule has 1 rings (SSSR count). The van der Waals surface area contributed by atoms with Gasteiger partial charge in [0, 0.05) is 20.3 Å². The summed E-state index contributed by atoms with van der Waals surface area (Å²) in [7, 11) is 0. The van der Waals surface area contributed by atoms with Crippen molar-refractivity contribution in [3.05, 3.63) is 42.0 Å². The van der Waals surface area contributed by atoms with Crippen molar-refractivity contribution in [1.82, 2.24) is 0 Å². The SMILES string of the molecule is CC(=O)O[C@H](C)C[C@H](/C=C/c1ccccc1)OC(C)=O. The number of hydrogen-bond acceptors (Lipinski definition) is 4. The number of rotatable bonds is 6. The highest BCUT2D eigenvalue weighted by Crippen LogP contribution is 2.11. The summed E-state index contributed by atoms with van der Waals surface area (Å²) in [5.41, 5.74) is 1.02. The third-order valence-corrected chi connectivity index (χ3v) is 2.55. The lowest BCUT2D eigenvalue weighted by atomic mass is 10.1. The maximum atomic E-state index is 11.1. The van der Waals surface area contributed by atoms with Gasteiger partial charge in [0.05, 0.1) is 0 Å². The Morgan fingerprint density at radius 1 is 1.10 bits per heavy atom. The maximum Gasteiger partial charge on any atom is 0.303 e. The van der Waals surface area contributed by atoms with Crippen LogP contribution in [0.5, 0.6) is 0 Å². The summed E-state index contributed by atoms with van der Waals surface area (Å²) < 4.78 is 10.3. The Morgan fingerprint density at radius 2 is 1.70 bits per heavy atom. The van der Waals surface area contributed by atoms with Gasteiger partial charge in [-0.05, 0) is 18.6 Å². The first-order chi connectivity index (χ1) is 9.47. The quantitative estimate of drug-likeness (QED) is 0.749. The number of carbonyl (C=O) groups excluding carboxylic acids is 2. The molecule has 0 amide bonds. The third-order valence-electron chi connectivity index (χ3n) is 2.55. The lowest BCUT2D eigenvalue weighted by molar-refractivity contribution is -0.149. The predicted octanol–water partition coefficient (Wildman–Crippen LogP) is 2.97. The fourth-order valence-electron chi connectivity index (χ4n) is 1.82. The highest BCUT2D eigenvalue weighted by molar-refractivity contribution is 5.67. The van der Waals surface area contributed by atoms with Crippen LogP contribution in [0.1, 0.15) is 32.8 Å². The maximum absolute atomic E-state index is 11.1. The Kier molecular flexibility index (Phi) is 6.50. The molecule has 0 radical (unpaired) electrons. The summed E-state index contributed by atoms with van der Waals surface area (Å²) in [6.45, 7) is 4.49. The van der Waals surface area contributed by atoms with Gasteiger partial charge in [0.15, 0.2) is 0 Å². The zero-order valence-corrected chi connectivity index (χ0v) is 12.0. The van der Waals surface area contributed by atoms with E-state index >= 15 is 0 Å². The van der Waals surface area contributed by atoms with Gasteiger partial charge >= 0.3 is 11.9 Å². The molecule has 0 spiro atoms. The Bertz CT molecular complexity index is 465. The van der Waals surface area contributed by atoms with E-state index in [4.69, 9.17) is 9.47 Å². The number of ether oxygens (including phenoxy) is 2. The van der Waals surface area contributed by atoms with Crippen LogP contribution < -0.4 is 0 Å². The topological polar surface area (TPSA) is 52.6 Å². The molecule has 1 aromatic rings. The van der Waals surface area contributed by atoms with Crippen LogP contribution in [0, 0.1) is 0 Å². The van der Waals surface area contributed by atoms with E-state index in [1.165, 1.54) is 13.8 Å². The second-order valence-corrected chi connectivity index (χ2v) is 4.57. The molecule has 0 bridgehead atoms. The van der Waals surface area contributed by atoms with Gasteiger partial charge in [0.25, 0.3) is 0 Å². The van der Waals surface area contributed by atoms with Gasteiger partial charge in [-0.2, -0.15) is 0 Å². The molecular formula is C16H20O4. The van der Waals surface area contributed by atoms with Crippen LogP contribution in [-0.4, -0.2) is 24.1 Å². The van der Waals surface area contributed by atoms with Gasteiger partial charge in [0.2, 0.25) is 0 Å². The number of carbonyl (C=O) groups is 2. The molecule has 0 saturated heterocycles. The van der Waals surface area contributed by atoms with Gasteiger partial charge in [-0.1, -0.05) is 36.4 Å². The summed E-state index contributed by atoms with van der Waals surface area (Å²) in [6.07, 6.45) is 3.40. The van der Waals surface area contributed by atoms with Crippen LogP contribution >= 0.6 is 0 Å². The molecular weight excluding hydrogens is 256 g/mol. The van der Waals surface area contributed by atoms with Crippen LogP contribution in [0.25, 0.3) is 6.08 Å². The van der Waals surface area contributed by atoms with Crippen molar-refractivity contribution < 1.29 is 19.1 Å². The minimum absolute atomic E-state index is 0.308. The van der Waals surface area contributed by atoms with E-state index < -0.39 is 6.10 Å². The molecule has 0 fully saturated rings. The summed E-state index contributed by atoms with van der Waals surface area (Å²) in [4.78, 5) is 22.0. The van der Waals surface area contributed by atoms with E-state index in [-0.39, 0.29) is 18.0 Å². The third kappa shape index (κ3) is 6.73. The minimum Gasteiger partial charge on any atom is -0.463 e. The van der Waals surface area contributed by atoms with Gasteiger partial charge < -0.3 is 9.47 Å². The molecule has 0 unspecified atom stereocenters. The smallest absolute Gasteiger partial charge is 0.303 e. The first kappa shape index (κ1) is 16.0. The van der Waals surface area contributed by atoms with Crippen LogP contribution in [-0.2, 0) is 19.1 Å². The van der Waals surface area contributed by atoms with Crippen molar-refractivity contribution in [3.8, 4) is 0 Å². The molecule has 1 aromatic carbocycles. The van der Waals surface area contributed by atoms with E-state index in [0.29, 0.717) is 6.42 Å². The van der Waals surface area contributed by atoms with Gasteiger partial charge in [0.1, 0.15) is 12.2 Å². The Hall–Kier alpha value is -2.10.